The van der Waals surface area contributed by atoms with Crippen molar-refractivity contribution in [3.8, 4) is 5.75 Å². The molecule has 0 aliphatic carbocycles. The molecule has 2 unspecified atom stereocenters. The molecule has 156 valence electrons. The molecule has 0 spiro atoms. The second-order valence-corrected chi connectivity index (χ2v) is 8.20. The zero-order valence-electron chi connectivity index (χ0n) is 17.8. The number of aromatic nitrogens is 1. The van der Waals surface area contributed by atoms with Gasteiger partial charge in [-0.05, 0) is 58.6 Å². The number of amides is 1. The number of carbonyl (C=O) groups is 1. The molecule has 2 heterocycles. The predicted molar refractivity (Wildman–Crippen MR) is 110 cm³/mol. The maximum absolute atomic E-state index is 12.2. The van der Waals surface area contributed by atoms with Gasteiger partial charge in [-0.1, -0.05) is 12.2 Å². The van der Waals surface area contributed by atoms with Crippen molar-refractivity contribution in [2.45, 2.75) is 59.2 Å². The Bertz CT molecular complexity index is 654. The SMILES string of the molecule is CCOCCC(C)Oc1cncc(C=CC2CCN(C(=O)OC(C)(C)C)C2)c1. The third kappa shape index (κ3) is 7.89. The van der Waals surface area contributed by atoms with Gasteiger partial charge in [0.25, 0.3) is 0 Å². The maximum Gasteiger partial charge on any atom is 0.410 e. The Hall–Kier alpha value is -2.08. The average Bonchev–Trinajstić information content (AvgIpc) is 3.08. The van der Waals surface area contributed by atoms with Crippen LogP contribution in [0.5, 0.6) is 5.75 Å². The zero-order chi connectivity index (χ0) is 20.6. The molecule has 0 radical (unpaired) electrons. The van der Waals surface area contributed by atoms with Crippen LogP contribution in [0.3, 0.4) is 0 Å². The van der Waals surface area contributed by atoms with E-state index in [0.717, 1.165) is 37.3 Å². The van der Waals surface area contributed by atoms with Crippen LogP contribution in [0, 0.1) is 5.92 Å². The summed E-state index contributed by atoms with van der Waals surface area (Å²) in [5, 5.41) is 0. The summed E-state index contributed by atoms with van der Waals surface area (Å²) in [5.41, 5.74) is 0.530. The fraction of sp³-hybridized carbons (Fsp3) is 0.636. The Labute approximate surface area is 168 Å². The lowest BCUT2D eigenvalue weighted by Gasteiger charge is -2.24. The summed E-state index contributed by atoms with van der Waals surface area (Å²) in [6, 6.07) is 1.99. The summed E-state index contributed by atoms with van der Waals surface area (Å²) < 4.78 is 16.7. The Balaban J connectivity index is 1.85. The highest BCUT2D eigenvalue weighted by Gasteiger charge is 2.28. The molecule has 1 amide bonds. The van der Waals surface area contributed by atoms with Gasteiger partial charge in [0, 0.05) is 32.3 Å². The van der Waals surface area contributed by atoms with Crippen molar-refractivity contribution in [1.82, 2.24) is 9.88 Å². The quantitative estimate of drug-likeness (QED) is 0.610. The molecule has 1 aliphatic heterocycles. The van der Waals surface area contributed by atoms with Crippen molar-refractivity contribution in [3.05, 3.63) is 30.1 Å². The molecule has 1 aliphatic rings. The monoisotopic (exact) mass is 390 g/mol. The molecular formula is C22H34N2O4. The molecule has 2 rings (SSSR count). The highest BCUT2D eigenvalue weighted by molar-refractivity contribution is 5.68. The van der Waals surface area contributed by atoms with E-state index in [2.05, 4.69) is 11.1 Å². The summed E-state index contributed by atoms with van der Waals surface area (Å²) >= 11 is 0. The van der Waals surface area contributed by atoms with E-state index in [0.29, 0.717) is 19.1 Å². The molecule has 6 heteroatoms. The van der Waals surface area contributed by atoms with Crippen LogP contribution in [0.25, 0.3) is 6.08 Å². The number of hydrogen-bond donors (Lipinski definition) is 0. The van der Waals surface area contributed by atoms with Gasteiger partial charge in [0.2, 0.25) is 0 Å². The van der Waals surface area contributed by atoms with Gasteiger partial charge >= 0.3 is 6.09 Å². The van der Waals surface area contributed by atoms with Gasteiger partial charge in [0.15, 0.2) is 0 Å². The maximum atomic E-state index is 12.2. The van der Waals surface area contributed by atoms with E-state index in [4.69, 9.17) is 14.2 Å². The number of nitrogens with zero attached hydrogens (tertiary/aromatic N) is 2. The number of rotatable bonds is 8. The van der Waals surface area contributed by atoms with Crippen molar-refractivity contribution >= 4 is 12.2 Å². The first-order chi connectivity index (χ1) is 13.3. The molecule has 28 heavy (non-hydrogen) atoms. The Morgan fingerprint density at radius 2 is 2.18 bits per heavy atom. The van der Waals surface area contributed by atoms with Gasteiger partial charge in [-0.3, -0.25) is 4.98 Å². The fourth-order valence-electron chi connectivity index (χ4n) is 2.96. The first-order valence-corrected chi connectivity index (χ1v) is 10.1. The van der Waals surface area contributed by atoms with Crippen molar-refractivity contribution < 1.29 is 19.0 Å². The minimum atomic E-state index is -0.461. The summed E-state index contributed by atoms with van der Waals surface area (Å²) in [4.78, 5) is 18.2. The molecule has 1 aromatic rings. The largest absolute Gasteiger partial charge is 0.489 e. The normalized spacial score (nSPS) is 18.5. The summed E-state index contributed by atoms with van der Waals surface area (Å²) in [6.07, 6.45) is 9.36. The lowest BCUT2D eigenvalue weighted by molar-refractivity contribution is 0.0291. The molecule has 0 saturated carbocycles. The van der Waals surface area contributed by atoms with Crippen LogP contribution in [0.4, 0.5) is 4.79 Å². The molecular weight excluding hydrogens is 356 g/mol. The molecule has 0 bridgehead atoms. The zero-order valence-corrected chi connectivity index (χ0v) is 17.8. The van der Waals surface area contributed by atoms with E-state index in [1.807, 2.05) is 53.0 Å². The summed E-state index contributed by atoms with van der Waals surface area (Å²) in [5.74, 6) is 1.08. The van der Waals surface area contributed by atoms with Gasteiger partial charge in [-0.15, -0.1) is 0 Å². The van der Waals surface area contributed by atoms with E-state index >= 15 is 0 Å². The fourth-order valence-corrected chi connectivity index (χ4v) is 2.96. The Morgan fingerprint density at radius 3 is 2.89 bits per heavy atom. The first kappa shape index (κ1) is 22.2. The van der Waals surface area contributed by atoms with Gasteiger partial charge in [0.1, 0.15) is 11.4 Å². The highest BCUT2D eigenvalue weighted by atomic mass is 16.6. The van der Waals surface area contributed by atoms with Crippen LogP contribution >= 0.6 is 0 Å². The van der Waals surface area contributed by atoms with Gasteiger partial charge in [-0.25, -0.2) is 4.79 Å². The van der Waals surface area contributed by atoms with Crippen LogP contribution in [-0.4, -0.2) is 54.0 Å². The minimum absolute atomic E-state index is 0.0739. The van der Waals surface area contributed by atoms with Gasteiger partial charge < -0.3 is 19.1 Å². The molecule has 1 fully saturated rings. The van der Waals surface area contributed by atoms with E-state index in [1.165, 1.54) is 0 Å². The van der Waals surface area contributed by atoms with Crippen molar-refractivity contribution in [1.29, 1.82) is 0 Å². The number of ether oxygens (including phenoxy) is 3. The van der Waals surface area contributed by atoms with Crippen LogP contribution in [0.2, 0.25) is 0 Å². The molecule has 0 aromatic carbocycles. The van der Waals surface area contributed by atoms with Crippen molar-refractivity contribution in [2.75, 3.05) is 26.3 Å². The van der Waals surface area contributed by atoms with Crippen LogP contribution in [-0.2, 0) is 9.47 Å². The van der Waals surface area contributed by atoms with Crippen molar-refractivity contribution in [2.24, 2.45) is 5.92 Å². The first-order valence-electron chi connectivity index (χ1n) is 10.1. The van der Waals surface area contributed by atoms with Crippen LogP contribution in [0.1, 0.15) is 53.0 Å². The summed E-state index contributed by atoms with van der Waals surface area (Å²) in [7, 11) is 0. The second-order valence-electron chi connectivity index (χ2n) is 8.20. The van der Waals surface area contributed by atoms with E-state index in [-0.39, 0.29) is 12.2 Å². The lowest BCUT2D eigenvalue weighted by Crippen LogP contribution is -2.35. The van der Waals surface area contributed by atoms with E-state index in [9.17, 15) is 4.79 Å². The Kier molecular flexibility index (Phi) is 8.30. The lowest BCUT2D eigenvalue weighted by atomic mass is 10.1. The Morgan fingerprint density at radius 1 is 1.39 bits per heavy atom. The third-order valence-corrected chi connectivity index (χ3v) is 4.38. The molecule has 6 nitrogen and oxygen atoms in total. The summed E-state index contributed by atoms with van der Waals surface area (Å²) in [6.45, 7) is 12.5. The minimum Gasteiger partial charge on any atom is -0.489 e. The van der Waals surface area contributed by atoms with E-state index < -0.39 is 5.60 Å². The standard InChI is InChI=1S/C22H34N2O4/c1-6-26-12-10-17(2)27-20-13-19(14-23-15-20)8-7-18-9-11-24(16-18)21(25)28-22(3,4)5/h7-8,13-15,17-18H,6,9-12,16H2,1-5H3. The number of pyridine rings is 1. The molecule has 1 aromatic heterocycles. The molecule has 0 N–H and O–H groups in total. The van der Waals surface area contributed by atoms with Crippen molar-refractivity contribution in [3.63, 3.8) is 0 Å². The highest BCUT2D eigenvalue weighted by Crippen LogP contribution is 2.22. The number of carbonyl (C=O) groups excluding carboxylic acids is 1. The predicted octanol–water partition coefficient (Wildman–Crippen LogP) is 4.55. The smallest absolute Gasteiger partial charge is 0.410 e. The van der Waals surface area contributed by atoms with Crippen LogP contribution < -0.4 is 4.74 Å². The van der Waals surface area contributed by atoms with Gasteiger partial charge in [0.05, 0.1) is 18.9 Å². The average molecular weight is 391 g/mol. The molecule has 1 saturated heterocycles. The van der Waals surface area contributed by atoms with E-state index in [1.54, 1.807) is 11.1 Å². The topological polar surface area (TPSA) is 60.9 Å². The number of hydrogen-bond acceptors (Lipinski definition) is 5. The molecule has 2 atom stereocenters. The van der Waals surface area contributed by atoms with Gasteiger partial charge in [-0.2, -0.15) is 0 Å². The third-order valence-electron chi connectivity index (χ3n) is 4.38. The van der Waals surface area contributed by atoms with Crippen LogP contribution in [0.15, 0.2) is 24.5 Å². The second kappa shape index (κ2) is 10.5. The number of likely N-dealkylation sites (tertiary alicyclic amines) is 1.